The van der Waals surface area contributed by atoms with Crippen LogP contribution in [0.15, 0.2) is 0 Å². The summed E-state index contributed by atoms with van der Waals surface area (Å²) in [5.74, 6) is 9.86. The van der Waals surface area contributed by atoms with Gasteiger partial charge in [0.25, 0.3) is 0 Å². The van der Waals surface area contributed by atoms with Crippen molar-refractivity contribution < 1.29 is 4.79 Å². The molecule has 90 valence electrons. The van der Waals surface area contributed by atoms with E-state index < -0.39 is 0 Å². The smallest absolute Gasteiger partial charge is 0.223 e. The Morgan fingerprint density at radius 3 is 2.06 bits per heavy atom. The molecule has 0 spiro atoms. The zero-order chi connectivity index (χ0) is 10.9. The van der Waals surface area contributed by atoms with Gasteiger partial charge in [0.1, 0.15) is 0 Å². The average molecular weight is 229 g/mol. The number of rotatable bonds is 3. The van der Waals surface area contributed by atoms with Crippen molar-refractivity contribution in [3.8, 4) is 0 Å². The topological polar surface area (TPSA) is 29.1 Å². The number of fused-ring (bicyclic) bond motifs is 1. The Balaban J connectivity index is 1.22. The normalized spacial score (nSPS) is 66.9. The lowest BCUT2D eigenvalue weighted by atomic mass is 9.91. The van der Waals surface area contributed by atoms with Crippen LogP contribution in [-0.4, -0.2) is 12.5 Å². The Morgan fingerprint density at radius 1 is 0.941 bits per heavy atom. The molecule has 7 saturated carbocycles. The van der Waals surface area contributed by atoms with Crippen LogP contribution in [0.3, 0.4) is 0 Å². The third-order valence-corrected chi connectivity index (χ3v) is 7.30. The summed E-state index contributed by atoms with van der Waals surface area (Å²) in [6.07, 6.45) is 4.24. The first-order valence-corrected chi connectivity index (χ1v) is 7.64. The number of amides is 1. The van der Waals surface area contributed by atoms with Gasteiger partial charge in [-0.3, -0.25) is 4.79 Å². The van der Waals surface area contributed by atoms with Crippen LogP contribution >= 0.6 is 0 Å². The van der Waals surface area contributed by atoms with Gasteiger partial charge in [0.05, 0.1) is 0 Å². The third-order valence-electron chi connectivity index (χ3n) is 7.30. The van der Waals surface area contributed by atoms with E-state index in [0.717, 1.165) is 59.8 Å². The van der Waals surface area contributed by atoms with Crippen molar-refractivity contribution in [2.45, 2.75) is 19.3 Å². The van der Waals surface area contributed by atoms with Crippen LogP contribution in [0.5, 0.6) is 0 Å². The van der Waals surface area contributed by atoms with Crippen LogP contribution in [-0.2, 0) is 4.79 Å². The van der Waals surface area contributed by atoms with Gasteiger partial charge in [0.15, 0.2) is 0 Å². The highest BCUT2D eigenvalue weighted by atomic mass is 16.2. The van der Waals surface area contributed by atoms with Gasteiger partial charge in [-0.05, 0) is 72.5 Å². The molecule has 0 aromatic rings. The maximum Gasteiger partial charge on any atom is 0.223 e. The highest BCUT2D eigenvalue weighted by Crippen LogP contribution is 2.89. The van der Waals surface area contributed by atoms with E-state index in [1.54, 1.807) is 6.42 Å². The second-order valence-electron chi connectivity index (χ2n) is 7.74. The molecule has 0 aromatic heterocycles. The van der Waals surface area contributed by atoms with Crippen molar-refractivity contribution in [2.24, 2.45) is 59.2 Å². The minimum Gasteiger partial charge on any atom is -0.356 e. The molecule has 2 heteroatoms. The molecule has 1 N–H and O–H groups in total. The van der Waals surface area contributed by atoms with Crippen molar-refractivity contribution in [3.63, 3.8) is 0 Å². The van der Waals surface area contributed by atoms with Gasteiger partial charge < -0.3 is 5.32 Å². The van der Waals surface area contributed by atoms with Gasteiger partial charge in [0.2, 0.25) is 5.91 Å². The van der Waals surface area contributed by atoms with Gasteiger partial charge >= 0.3 is 0 Å². The lowest BCUT2D eigenvalue weighted by molar-refractivity contribution is -0.123. The van der Waals surface area contributed by atoms with Gasteiger partial charge in [-0.1, -0.05) is 0 Å². The molecule has 0 heterocycles. The van der Waals surface area contributed by atoms with E-state index >= 15 is 0 Å². The Labute approximate surface area is 102 Å². The lowest BCUT2D eigenvalue weighted by Crippen LogP contribution is -2.30. The standard InChI is InChI=1S/C15H19NO/c17-15(16-4-5-1-2-5)14-12-10-7-3-6-8(10)9(6)11(7)13(12)14/h5-14H,1-4H2,(H,16,17)/t6?,7?,8-,9-,10-,11+,12-,13-,14?/m1/s1. The van der Waals surface area contributed by atoms with Gasteiger partial charge in [0, 0.05) is 12.5 Å². The molecule has 9 atom stereocenters. The molecule has 6 bridgehead atoms. The summed E-state index contributed by atoms with van der Waals surface area (Å²) < 4.78 is 0. The number of hydrogen-bond acceptors (Lipinski definition) is 1. The average Bonchev–Trinajstić information content (AvgIpc) is 3.28. The van der Waals surface area contributed by atoms with Crippen molar-refractivity contribution in [3.05, 3.63) is 0 Å². The summed E-state index contributed by atoms with van der Waals surface area (Å²) in [5.41, 5.74) is 0. The SMILES string of the molecule is O=C(NCC1CC1)C1[C@@H]2[C@@H]3C4CC5[C@@H]3[C@@H]5[C@H]4[C@@H]12. The summed E-state index contributed by atoms with van der Waals surface area (Å²) >= 11 is 0. The fourth-order valence-corrected chi connectivity index (χ4v) is 6.75. The Kier molecular flexibility index (Phi) is 1.16. The zero-order valence-electron chi connectivity index (χ0n) is 10.0. The summed E-state index contributed by atoms with van der Waals surface area (Å²) in [7, 11) is 0. The number of carbonyl (C=O) groups is 1. The van der Waals surface area contributed by atoms with Crippen LogP contribution in [0, 0.1) is 59.2 Å². The molecule has 7 fully saturated rings. The molecule has 7 aliphatic carbocycles. The van der Waals surface area contributed by atoms with Gasteiger partial charge in [-0.2, -0.15) is 0 Å². The first-order chi connectivity index (χ1) is 8.36. The maximum absolute atomic E-state index is 12.2. The second-order valence-corrected chi connectivity index (χ2v) is 7.74. The summed E-state index contributed by atoms with van der Waals surface area (Å²) in [5, 5.41) is 3.22. The van der Waals surface area contributed by atoms with E-state index in [4.69, 9.17) is 0 Å². The van der Waals surface area contributed by atoms with Crippen LogP contribution < -0.4 is 5.32 Å². The number of carbonyl (C=O) groups excluding carboxylic acids is 1. The van der Waals surface area contributed by atoms with Gasteiger partial charge in [-0.15, -0.1) is 0 Å². The summed E-state index contributed by atoms with van der Waals surface area (Å²) in [6, 6.07) is 0. The predicted octanol–water partition coefficient (Wildman–Crippen LogP) is 1.52. The number of hydrogen-bond donors (Lipinski definition) is 1. The first kappa shape index (κ1) is 8.55. The molecular formula is C15H19NO. The molecule has 2 nitrogen and oxygen atoms in total. The molecule has 7 aliphatic rings. The van der Waals surface area contributed by atoms with Crippen molar-refractivity contribution in [2.75, 3.05) is 6.54 Å². The monoisotopic (exact) mass is 229 g/mol. The maximum atomic E-state index is 12.2. The van der Waals surface area contributed by atoms with E-state index in [1.165, 1.54) is 12.8 Å². The fraction of sp³-hybridized carbons (Fsp3) is 0.933. The summed E-state index contributed by atoms with van der Waals surface area (Å²) in [6.45, 7) is 0.975. The predicted molar refractivity (Wildman–Crippen MR) is 61.8 cm³/mol. The largest absolute Gasteiger partial charge is 0.356 e. The Bertz CT molecular complexity index is 418. The van der Waals surface area contributed by atoms with E-state index in [1.807, 2.05) is 0 Å². The van der Waals surface area contributed by atoms with Crippen LogP contribution in [0.25, 0.3) is 0 Å². The molecule has 3 unspecified atom stereocenters. The molecule has 1 amide bonds. The van der Waals surface area contributed by atoms with Crippen LogP contribution in [0.4, 0.5) is 0 Å². The molecule has 17 heavy (non-hydrogen) atoms. The summed E-state index contributed by atoms with van der Waals surface area (Å²) in [4.78, 5) is 12.2. The quantitative estimate of drug-likeness (QED) is 0.781. The Hall–Kier alpha value is -0.530. The van der Waals surface area contributed by atoms with Crippen molar-refractivity contribution in [1.29, 1.82) is 0 Å². The molecule has 0 radical (unpaired) electrons. The molecule has 0 aliphatic heterocycles. The molecule has 7 rings (SSSR count). The van der Waals surface area contributed by atoms with Crippen molar-refractivity contribution in [1.82, 2.24) is 5.32 Å². The minimum atomic E-state index is 0.431. The van der Waals surface area contributed by atoms with Crippen LogP contribution in [0.1, 0.15) is 19.3 Å². The van der Waals surface area contributed by atoms with Crippen molar-refractivity contribution >= 4 is 5.91 Å². The van der Waals surface area contributed by atoms with E-state index in [0.29, 0.717) is 11.8 Å². The zero-order valence-corrected chi connectivity index (χ0v) is 10.0. The molecular weight excluding hydrogens is 210 g/mol. The van der Waals surface area contributed by atoms with Crippen LogP contribution in [0.2, 0.25) is 0 Å². The van der Waals surface area contributed by atoms with E-state index in [2.05, 4.69) is 5.32 Å². The first-order valence-electron chi connectivity index (χ1n) is 7.64. The fourth-order valence-electron chi connectivity index (χ4n) is 6.75. The highest BCUT2D eigenvalue weighted by molar-refractivity contribution is 5.83. The minimum absolute atomic E-state index is 0.431. The van der Waals surface area contributed by atoms with Gasteiger partial charge in [-0.25, -0.2) is 0 Å². The second kappa shape index (κ2) is 2.31. The Morgan fingerprint density at radius 2 is 1.53 bits per heavy atom. The highest BCUT2D eigenvalue weighted by Gasteiger charge is 2.87. The number of nitrogens with one attached hydrogen (secondary N) is 1. The third kappa shape index (κ3) is 0.794. The molecule has 0 aromatic carbocycles. The molecule has 0 saturated heterocycles. The lowest BCUT2D eigenvalue weighted by Gasteiger charge is -2.16. The van der Waals surface area contributed by atoms with E-state index in [9.17, 15) is 4.79 Å². The van der Waals surface area contributed by atoms with E-state index in [-0.39, 0.29) is 0 Å².